The van der Waals surface area contributed by atoms with Gasteiger partial charge in [0.2, 0.25) is 5.76 Å². The van der Waals surface area contributed by atoms with Gasteiger partial charge in [-0.05, 0) is 30.2 Å². The van der Waals surface area contributed by atoms with E-state index < -0.39 is 35.6 Å². The fourth-order valence-electron chi connectivity index (χ4n) is 2.96. The van der Waals surface area contributed by atoms with E-state index in [2.05, 4.69) is 21.1 Å². The number of aromatic nitrogens is 1. The molecule has 178 valence electrons. The molecule has 0 bridgehead atoms. The molecule has 1 heterocycles. The van der Waals surface area contributed by atoms with Gasteiger partial charge < -0.3 is 25.2 Å². The van der Waals surface area contributed by atoms with Crippen LogP contribution in [-0.4, -0.2) is 36.2 Å². The van der Waals surface area contributed by atoms with Crippen LogP contribution in [0.25, 0.3) is 11.3 Å². The molecule has 1 unspecified atom stereocenters. The van der Waals surface area contributed by atoms with Crippen LogP contribution in [0.2, 0.25) is 0 Å². The van der Waals surface area contributed by atoms with E-state index in [1.807, 2.05) is 0 Å². The number of hydrogen-bond donors (Lipinski definition) is 3. The fraction of sp³-hybridized carbons (Fsp3) is 0.217. The Morgan fingerprint density at radius 1 is 1.00 bits per heavy atom. The van der Waals surface area contributed by atoms with Crippen molar-refractivity contribution in [1.82, 2.24) is 10.5 Å². The van der Waals surface area contributed by atoms with Gasteiger partial charge >= 0.3 is 12.0 Å². The van der Waals surface area contributed by atoms with Crippen LogP contribution < -0.4 is 16.0 Å². The number of carbonyl (C=O) groups excluding carboxylic acids is 3. The molecule has 9 nitrogen and oxygen atoms in total. The number of esters is 1. The summed E-state index contributed by atoms with van der Waals surface area (Å²) in [5, 5.41) is 11.2. The first-order chi connectivity index (χ1) is 16.2. The molecule has 11 heteroatoms. The van der Waals surface area contributed by atoms with Gasteiger partial charge in [-0.1, -0.05) is 31.1 Å². The molecular weight excluding hydrogens is 450 g/mol. The lowest BCUT2D eigenvalue weighted by Crippen LogP contribution is -2.44. The highest BCUT2D eigenvalue weighted by Gasteiger charge is 2.27. The van der Waals surface area contributed by atoms with Crippen molar-refractivity contribution >= 4 is 29.3 Å². The minimum Gasteiger partial charge on any atom is -0.467 e. The van der Waals surface area contributed by atoms with E-state index in [1.165, 1.54) is 13.2 Å². The first kappa shape index (κ1) is 24.4. The lowest BCUT2D eigenvalue weighted by Gasteiger charge is -2.18. The highest BCUT2D eigenvalue weighted by atomic mass is 19.1. The van der Waals surface area contributed by atoms with Gasteiger partial charge in [-0.15, -0.1) is 0 Å². The van der Waals surface area contributed by atoms with E-state index >= 15 is 0 Å². The van der Waals surface area contributed by atoms with E-state index in [9.17, 15) is 23.2 Å². The van der Waals surface area contributed by atoms with Gasteiger partial charge in [-0.2, -0.15) is 0 Å². The summed E-state index contributed by atoms with van der Waals surface area (Å²) in [5.74, 6) is -3.13. The van der Waals surface area contributed by atoms with E-state index in [0.29, 0.717) is 23.0 Å². The van der Waals surface area contributed by atoms with E-state index in [-0.39, 0.29) is 17.4 Å². The number of benzene rings is 2. The van der Waals surface area contributed by atoms with Crippen LogP contribution in [0.1, 0.15) is 24.4 Å². The third kappa shape index (κ3) is 5.94. The molecule has 0 saturated carbocycles. The fourth-order valence-corrected chi connectivity index (χ4v) is 2.96. The van der Waals surface area contributed by atoms with Gasteiger partial charge in [0.25, 0.3) is 5.91 Å². The number of nitrogens with zero attached hydrogens (tertiary/aromatic N) is 1. The molecule has 2 aromatic carbocycles. The maximum absolute atomic E-state index is 13.7. The normalized spacial score (nSPS) is 11.6. The zero-order valence-electron chi connectivity index (χ0n) is 18.5. The molecule has 3 N–H and O–H groups in total. The molecule has 1 aromatic heterocycles. The maximum Gasteiger partial charge on any atom is 0.328 e. The number of carbonyl (C=O) groups is 3. The first-order valence-electron chi connectivity index (χ1n) is 10.2. The zero-order valence-corrected chi connectivity index (χ0v) is 18.5. The standard InChI is InChI=1S/C23H22F2N4O5/c1-12(2)20(22(31)33-3)28-21(30)19-11-18(29-34-19)13-4-7-15(8-5-13)26-23(32)27-17-9-6-14(24)10-16(17)25/h4-12,20H,1-3H3,(H,28,30)(H2,26,27,32). The van der Waals surface area contributed by atoms with Crippen molar-refractivity contribution in [3.05, 3.63) is 65.9 Å². The minimum absolute atomic E-state index is 0.0903. The summed E-state index contributed by atoms with van der Waals surface area (Å²) in [7, 11) is 1.24. The second-order valence-corrected chi connectivity index (χ2v) is 7.58. The summed E-state index contributed by atoms with van der Waals surface area (Å²) in [4.78, 5) is 36.3. The molecule has 0 radical (unpaired) electrons. The molecule has 3 amide bonds. The molecule has 0 aliphatic rings. The van der Waals surface area contributed by atoms with E-state index in [0.717, 1.165) is 12.1 Å². The number of nitrogens with one attached hydrogen (secondary N) is 3. The van der Waals surface area contributed by atoms with Crippen LogP contribution >= 0.6 is 0 Å². The summed E-state index contributed by atoms with van der Waals surface area (Å²) in [6.45, 7) is 3.53. The topological polar surface area (TPSA) is 123 Å². The van der Waals surface area contributed by atoms with Crippen LogP contribution in [0.15, 0.2) is 53.1 Å². The number of urea groups is 1. The molecular formula is C23H22F2N4O5. The summed E-state index contributed by atoms with van der Waals surface area (Å²) in [6, 6.07) is 9.03. The summed E-state index contributed by atoms with van der Waals surface area (Å²) >= 11 is 0. The van der Waals surface area contributed by atoms with Crippen LogP contribution in [0, 0.1) is 17.6 Å². The van der Waals surface area contributed by atoms with E-state index in [1.54, 1.807) is 38.1 Å². The van der Waals surface area contributed by atoms with Gasteiger partial charge in [-0.25, -0.2) is 18.4 Å². The Hall–Kier alpha value is -4.28. The lowest BCUT2D eigenvalue weighted by atomic mass is 10.0. The number of hydrogen-bond acceptors (Lipinski definition) is 6. The van der Waals surface area contributed by atoms with E-state index in [4.69, 9.17) is 9.26 Å². The first-order valence-corrected chi connectivity index (χ1v) is 10.2. The smallest absolute Gasteiger partial charge is 0.328 e. The molecule has 0 saturated heterocycles. The lowest BCUT2D eigenvalue weighted by molar-refractivity contribution is -0.144. The zero-order chi connectivity index (χ0) is 24.8. The Labute approximate surface area is 193 Å². The van der Waals surface area contributed by atoms with Crippen LogP contribution in [0.3, 0.4) is 0 Å². The third-order valence-corrected chi connectivity index (χ3v) is 4.76. The average Bonchev–Trinajstić information content (AvgIpc) is 3.29. The average molecular weight is 472 g/mol. The second-order valence-electron chi connectivity index (χ2n) is 7.58. The Kier molecular flexibility index (Phi) is 7.57. The van der Waals surface area contributed by atoms with Crippen LogP contribution in [0.4, 0.5) is 25.0 Å². The monoisotopic (exact) mass is 472 g/mol. The van der Waals surface area contributed by atoms with Gasteiger partial charge in [0.1, 0.15) is 23.4 Å². The van der Waals surface area contributed by atoms with Gasteiger partial charge in [0, 0.05) is 23.4 Å². The number of anilines is 2. The number of rotatable bonds is 7. The number of halogens is 2. The summed E-state index contributed by atoms with van der Waals surface area (Å²) in [5.41, 5.74) is 1.17. The number of methoxy groups -OCH3 is 1. The SMILES string of the molecule is COC(=O)C(NC(=O)c1cc(-c2ccc(NC(=O)Nc3ccc(F)cc3F)cc2)no1)C(C)C. The van der Waals surface area contributed by atoms with Crippen molar-refractivity contribution in [2.45, 2.75) is 19.9 Å². The largest absolute Gasteiger partial charge is 0.467 e. The number of amides is 3. The Bertz CT molecular complexity index is 1190. The number of ether oxygens (including phenoxy) is 1. The van der Waals surface area contributed by atoms with Crippen molar-refractivity contribution in [1.29, 1.82) is 0 Å². The predicted molar refractivity (Wildman–Crippen MR) is 119 cm³/mol. The molecule has 0 aliphatic carbocycles. The molecule has 1 atom stereocenters. The van der Waals surface area contributed by atoms with Crippen LogP contribution in [0.5, 0.6) is 0 Å². The molecule has 3 rings (SSSR count). The summed E-state index contributed by atoms with van der Waals surface area (Å²) < 4.78 is 36.4. The van der Waals surface area contributed by atoms with Crippen molar-refractivity contribution in [2.24, 2.45) is 5.92 Å². The molecule has 3 aromatic rings. The van der Waals surface area contributed by atoms with Crippen molar-refractivity contribution in [3.8, 4) is 11.3 Å². The quantitative estimate of drug-likeness (QED) is 0.443. The van der Waals surface area contributed by atoms with Crippen LogP contribution in [-0.2, 0) is 9.53 Å². The highest BCUT2D eigenvalue weighted by molar-refractivity contribution is 6.00. The third-order valence-electron chi connectivity index (χ3n) is 4.76. The Morgan fingerprint density at radius 2 is 1.71 bits per heavy atom. The Morgan fingerprint density at radius 3 is 2.32 bits per heavy atom. The van der Waals surface area contributed by atoms with Crippen molar-refractivity contribution in [3.63, 3.8) is 0 Å². The molecule has 34 heavy (non-hydrogen) atoms. The predicted octanol–water partition coefficient (Wildman–Crippen LogP) is 4.19. The second kappa shape index (κ2) is 10.6. The molecule has 0 aliphatic heterocycles. The van der Waals surface area contributed by atoms with Crippen molar-refractivity contribution in [2.75, 3.05) is 17.7 Å². The van der Waals surface area contributed by atoms with Gasteiger partial charge in [0.05, 0.1) is 12.8 Å². The maximum atomic E-state index is 13.7. The minimum atomic E-state index is -0.900. The van der Waals surface area contributed by atoms with Gasteiger partial charge in [0.15, 0.2) is 0 Å². The van der Waals surface area contributed by atoms with Gasteiger partial charge in [-0.3, -0.25) is 4.79 Å². The highest BCUT2D eigenvalue weighted by Crippen LogP contribution is 2.22. The molecule has 0 spiro atoms. The summed E-state index contributed by atoms with van der Waals surface area (Å²) in [6.07, 6.45) is 0. The molecule has 0 fully saturated rings. The van der Waals surface area contributed by atoms with Crippen molar-refractivity contribution < 1.29 is 32.4 Å². The Balaban J connectivity index is 1.63.